The molecule has 5 heteroatoms. The molecule has 0 bridgehead atoms. The first-order valence-corrected chi connectivity index (χ1v) is 7.13. The molecule has 0 spiro atoms. The van der Waals surface area contributed by atoms with Gasteiger partial charge in [0, 0.05) is 23.3 Å². The minimum atomic E-state index is -0.0783. The summed E-state index contributed by atoms with van der Waals surface area (Å²) in [5, 5.41) is 3.06. The Balaban J connectivity index is 1.92. The summed E-state index contributed by atoms with van der Waals surface area (Å²) in [5.41, 5.74) is 0.479. The Bertz CT molecular complexity index is 407. The van der Waals surface area contributed by atoms with Crippen LogP contribution in [0.5, 0.6) is 0 Å². The molecule has 0 aromatic carbocycles. The monoisotopic (exact) mass is 311 g/mol. The van der Waals surface area contributed by atoms with Gasteiger partial charge in [0.15, 0.2) is 0 Å². The number of rotatable bonds is 3. The zero-order valence-electron chi connectivity index (χ0n) is 10.5. The van der Waals surface area contributed by atoms with E-state index in [-0.39, 0.29) is 11.9 Å². The summed E-state index contributed by atoms with van der Waals surface area (Å²) in [6, 6.07) is 3.82. The average molecular weight is 312 g/mol. The van der Waals surface area contributed by atoms with Crippen molar-refractivity contribution < 1.29 is 4.79 Å². The standard InChI is InChI=1S/C13H18BrN3O/c1-2-17-7-3-4-11(9-17)16-13(18)12-6-5-10(14)8-15-12/h5-6,8,11H,2-4,7,9H2,1H3,(H,16,18). The summed E-state index contributed by atoms with van der Waals surface area (Å²) < 4.78 is 0.883. The summed E-state index contributed by atoms with van der Waals surface area (Å²) >= 11 is 3.31. The van der Waals surface area contributed by atoms with Gasteiger partial charge in [0.25, 0.3) is 5.91 Å². The topological polar surface area (TPSA) is 45.2 Å². The molecule has 1 saturated heterocycles. The summed E-state index contributed by atoms with van der Waals surface area (Å²) in [7, 11) is 0. The van der Waals surface area contributed by atoms with Gasteiger partial charge in [-0.15, -0.1) is 0 Å². The lowest BCUT2D eigenvalue weighted by atomic mass is 10.1. The van der Waals surface area contributed by atoms with E-state index in [1.807, 2.05) is 6.07 Å². The first-order chi connectivity index (χ1) is 8.69. The number of piperidine rings is 1. The van der Waals surface area contributed by atoms with Gasteiger partial charge in [-0.25, -0.2) is 4.98 Å². The van der Waals surface area contributed by atoms with Gasteiger partial charge in [-0.1, -0.05) is 6.92 Å². The molecule has 1 amide bonds. The summed E-state index contributed by atoms with van der Waals surface area (Å²) in [5.74, 6) is -0.0783. The number of nitrogens with zero attached hydrogens (tertiary/aromatic N) is 2. The fourth-order valence-corrected chi connectivity index (χ4v) is 2.46. The van der Waals surface area contributed by atoms with Crippen LogP contribution in [0, 0.1) is 0 Å². The zero-order valence-corrected chi connectivity index (χ0v) is 12.1. The lowest BCUT2D eigenvalue weighted by Crippen LogP contribution is -2.47. The third kappa shape index (κ3) is 3.53. The second-order valence-electron chi connectivity index (χ2n) is 4.57. The van der Waals surface area contributed by atoms with E-state index in [4.69, 9.17) is 0 Å². The number of carbonyl (C=O) groups excluding carboxylic acids is 1. The first kappa shape index (κ1) is 13.5. The highest BCUT2D eigenvalue weighted by molar-refractivity contribution is 9.10. The third-order valence-corrected chi connectivity index (χ3v) is 3.72. The van der Waals surface area contributed by atoms with Crippen molar-refractivity contribution in [2.24, 2.45) is 0 Å². The number of pyridine rings is 1. The van der Waals surface area contributed by atoms with Crippen LogP contribution in [0.25, 0.3) is 0 Å². The molecule has 0 aliphatic carbocycles. The van der Waals surface area contributed by atoms with Crippen molar-refractivity contribution in [1.82, 2.24) is 15.2 Å². The molecule has 1 fully saturated rings. The molecule has 98 valence electrons. The van der Waals surface area contributed by atoms with Crippen molar-refractivity contribution in [2.45, 2.75) is 25.8 Å². The number of nitrogens with one attached hydrogen (secondary N) is 1. The third-order valence-electron chi connectivity index (χ3n) is 3.25. The van der Waals surface area contributed by atoms with E-state index in [2.05, 4.69) is 38.1 Å². The van der Waals surface area contributed by atoms with Crippen LogP contribution in [0.15, 0.2) is 22.8 Å². The van der Waals surface area contributed by atoms with E-state index in [0.29, 0.717) is 5.69 Å². The predicted molar refractivity (Wildman–Crippen MR) is 74.5 cm³/mol. The summed E-state index contributed by atoms with van der Waals surface area (Å²) in [6.45, 7) is 5.28. The summed E-state index contributed by atoms with van der Waals surface area (Å²) in [6.07, 6.45) is 3.85. The van der Waals surface area contributed by atoms with Crippen molar-refractivity contribution in [1.29, 1.82) is 0 Å². The van der Waals surface area contributed by atoms with Crippen molar-refractivity contribution in [3.8, 4) is 0 Å². The minimum Gasteiger partial charge on any atom is -0.347 e. The van der Waals surface area contributed by atoms with Crippen LogP contribution < -0.4 is 5.32 Å². The highest BCUT2D eigenvalue weighted by Crippen LogP contribution is 2.11. The van der Waals surface area contributed by atoms with Gasteiger partial charge in [-0.05, 0) is 54.0 Å². The zero-order chi connectivity index (χ0) is 13.0. The number of aromatic nitrogens is 1. The molecule has 0 saturated carbocycles. The number of hydrogen-bond donors (Lipinski definition) is 1. The number of hydrogen-bond acceptors (Lipinski definition) is 3. The number of likely N-dealkylation sites (N-methyl/N-ethyl adjacent to an activating group) is 1. The van der Waals surface area contributed by atoms with Crippen LogP contribution in [0.1, 0.15) is 30.3 Å². The van der Waals surface area contributed by atoms with E-state index in [1.165, 1.54) is 0 Å². The van der Waals surface area contributed by atoms with Crippen molar-refractivity contribution in [3.63, 3.8) is 0 Å². The van der Waals surface area contributed by atoms with Gasteiger partial charge < -0.3 is 10.2 Å². The van der Waals surface area contributed by atoms with Gasteiger partial charge in [0.1, 0.15) is 5.69 Å². The van der Waals surface area contributed by atoms with Gasteiger partial charge in [-0.3, -0.25) is 4.79 Å². The molecule has 1 atom stereocenters. The number of carbonyl (C=O) groups is 1. The minimum absolute atomic E-state index is 0.0783. The van der Waals surface area contributed by atoms with E-state index in [1.54, 1.807) is 12.3 Å². The second kappa shape index (κ2) is 6.29. The van der Waals surface area contributed by atoms with Crippen LogP contribution in [0.4, 0.5) is 0 Å². The lowest BCUT2D eigenvalue weighted by molar-refractivity contribution is 0.0901. The molecule has 2 heterocycles. The van der Waals surface area contributed by atoms with Crippen LogP contribution in [-0.4, -0.2) is 41.5 Å². The molecule has 1 aliphatic heterocycles. The molecule has 4 nitrogen and oxygen atoms in total. The average Bonchev–Trinajstić information content (AvgIpc) is 2.39. The molecular formula is C13H18BrN3O. The number of halogens is 1. The van der Waals surface area contributed by atoms with Crippen molar-refractivity contribution >= 4 is 21.8 Å². The van der Waals surface area contributed by atoms with Crippen LogP contribution in [0.3, 0.4) is 0 Å². The fraction of sp³-hybridized carbons (Fsp3) is 0.538. The molecule has 1 aromatic rings. The maximum atomic E-state index is 12.0. The molecule has 1 unspecified atom stereocenters. The van der Waals surface area contributed by atoms with Gasteiger partial charge in [0.2, 0.25) is 0 Å². The van der Waals surface area contributed by atoms with Gasteiger partial charge >= 0.3 is 0 Å². The quantitative estimate of drug-likeness (QED) is 0.929. The van der Waals surface area contributed by atoms with Crippen LogP contribution >= 0.6 is 15.9 Å². The number of likely N-dealkylation sites (tertiary alicyclic amines) is 1. The van der Waals surface area contributed by atoms with E-state index in [9.17, 15) is 4.79 Å². The molecule has 0 radical (unpaired) electrons. The van der Waals surface area contributed by atoms with Crippen LogP contribution in [0.2, 0.25) is 0 Å². The number of amides is 1. The molecule has 18 heavy (non-hydrogen) atoms. The first-order valence-electron chi connectivity index (χ1n) is 6.34. The Kier molecular flexibility index (Phi) is 4.72. The van der Waals surface area contributed by atoms with Gasteiger partial charge in [-0.2, -0.15) is 0 Å². The smallest absolute Gasteiger partial charge is 0.270 e. The highest BCUT2D eigenvalue weighted by Gasteiger charge is 2.21. The van der Waals surface area contributed by atoms with E-state index in [0.717, 1.165) is 36.9 Å². The predicted octanol–water partition coefficient (Wildman–Crippen LogP) is 2.06. The largest absolute Gasteiger partial charge is 0.347 e. The Morgan fingerprint density at radius 3 is 3.11 bits per heavy atom. The maximum Gasteiger partial charge on any atom is 0.270 e. The normalized spacial score (nSPS) is 20.7. The van der Waals surface area contributed by atoms with E-state index >= 15 is 0 Å². The molecule has 2 rings (SSSR count). The van der Waals surface area contributed by atoms with Crippen LogP contribution in [-0.2, 0) is 0 Å². The molecular weight excluding hydrogens is 294 g/mol. The van der Waals surface area contributed by atoms with Crippen molar-refractivity contribution in [3.05, 3.63) is 28.5 Å². The molecule has 1 aromatic heterocycles. The lowest BCUT2D eigenvalue weighted by Gasteiger charge is -2.32. The Morgan fingerprint density at radius 2 is 2.44 bits per heavy atom. The Morgan fingerprint density at radius 1 is 1.61 bits per heavy atom. The van der Waals surface area contributed by atoms with Gasteiger partial charge in [0.05, 0.1) is 0 Å². The molecule has 1 N–H and O–H groups in total. The Labute approximate surface area is 116 Å². The van der Waals surface area contributed by atoms with E-state index < -0.39 is 0 Å². The summed E-state index contributed by atoms with van der Waals surface area (Å²) in [4.78, 5) is 18.5. The maximum absolute atomic E-state index is 12.0. The molecule has 1 aliphatic rings. The Hall–Kier alpha value is -0.940. The fourth-order valence-electron chi connectivity index (χ4n) is 2.23. The highest BCUT2D eigenvalue weighted by atomic mass is 79.9. The second-order valence-corrected chi connectivity index (χ2v) is 5.48. The SMILES string of the molecule is CCN1CCCC(NC(=O)c2ccc(Br)cn2)C1. The van der Waals surface area contributed by atoms with Crippen molar-refractivity contribution in [2.75, 3.05) is 19.6 Å².